The zero-order valence-corrected chi connectivity index (χ0v) is 14.5. The van der Waals surface area contributed by atoms with Crippen molar-refractivity contribution in [1.82, 2.24) is 5.43 Å². The maximum Gasteiger partial charge on any atom is 0.271 e. The average Bonchev–Trinajstić information content (AvgIpc) is 2.59. The van der Waals surface area contributed by atoms with Gasteiger partial charge in [0, 0.05) is 12.2 Å². The summed E-state index contributed by atoms with van der Waals surface area (Å²) in [6, 6.07) is 13.0. The Morgan fingerprint density at radius 1 is 1.12 bits per heavy atom. The van der Waals surface area contributed by atoms with Gasteiger partial charge in [-0.05, 0) is 37.1 Å². The molecule has 0 saturated heterocycles. The molecule has 1 atom stereocenters. The van der Waals surface area contributed by atoms with E-state index in [1.54, 1.807) is 18.2 Å². The number of para-hydroxylation sites is 2. The second-order valence-corrected chi connectivity index (χ2v) is 5.89. The van der Waals surface area contributed by atoms with Crippen molar-refractivity contribution in [3.63, 3.8) is 0 Å². The summed E-state index contributed by atoms with van der Waals surface area (Å²) in [6.45, 7) is 4.23. The molecule has 24 heavy (non-hydrogen) atoms. The Kier molecular flexibility index (Phi) is 6.46. The molecule has 0 spiro atoms. The van der Waals surface area contributed by atoms with Gasteiger partial charge >= 0.3 is 0 Å². The first kappa shape index (κ1) is 18.1. The second kappa shape index (κ2) is 8.57. The van der Waals surface area contributed by atoms with Crippen LogP contribution in [0.1, 0.15) is 21.5 Å². The number of aliphatic hydroxyl groups excluding tert-OH is 1. The minimum atomic E-state index is -0.671. The summed E-state index contributed by atoms with van der Waals surface area (Å²) in [5.74, 6) is -0.128. The molecule has 6 heteroatoms. The van der Waals surface area contributed by atoms with E-state index in [1.807, 2.05) is 38.1 Å². The molecule has 2 aromatic rings. The minimum Gasteiger partial charge on any atom is -0.390 e. The fraction of sp³-hybridized carbons (Fsp3) is 0.278. The van der Waals surface area contributed by atoms with Crippen molar-refractivity contribution >= 4 is 28.9 Å². The molecule has 0 aromatic heterocycles. The number of carbonyl (C=O) groups is 1. The predicted molar refractivity (Wildman–Crippen MR) is 98.7 cm³/mol. The topological polar surface area (TPSA) is 73.4 Å². The van der Waals surface area contributed by atoms with Gasteiger partial charge in [-0.3, -0.25) is 15.6 Å². The third kappa shape index (κ3) is 4.63. The number of amides is 1. The number of hydrogen-bond donors (Lipinski definition) is 4. The lowest BCUT2D eigenvalue weighted by Gasteiger charge is -2.16. The number of benzene rings is 2. The Balaban J connectivity index is 2.07. The number of halogens is 1. The van der Waals surface area contributed by atoms with Crippen LogP contribution in [-0.2, 0) is 0 Å². The molecule has 1 unspecified atom stereocenters. The first-order valence-electron chi connectivity index (χ1n) is 7.72. The van der Waals surface area contributed by atoms with Crippen molar-refractivity contribution in [2.75, 3.05) is 23.2 Å². The summed E-state index contributed by atoms with van der Waals surface area (Å²) in [5, 5.41) is 12.6. The van der Waals surface area contributed by atoms with Gasteiger partial charge in [-0.2, -0.15) is 0 Å². The monoisotopic (exact) mass is 347 g/mol. The van der Waals surface area contributed by atoms with Crippen molar-refractivity contribution < 1.29 is 9.90 Å². The van der Waals surface area contributed by atoms with E-state index in [-0.39, 0.29) is 18.3 Å². The molecule has 2 rings (SSSR count). The van der Waals surface area contributed by atoms with Gasteiger partial charge in [0.1, 0.15) is 0 Å². The SMILES string of the molecule is Cc1cccc(C)c1NNC(=O)c1ccccc1NCC(O)CCl. The average molecular weight is 348 g/mol. The molecule has 0 aliphatic heterocycles. The molecule has 4 N–H and O–H groups in total. The summed E-state index contributed by atoms with van der Waals surface area (Å²) < 4.78 is 0. The van der Waals surface area contributed by atoms with Crippen LogP contribution in [0, 0.1) is 13.8 Å². The fourth-order valence-corrected chi connectivity index (χ4v) is 2.42. The summed E-state index contributed by atoms with van der Waals surface area (Å²) >= 11 is 5.59. The number of aliphatic hydroxyl groups is 1. The van der Waals surface area contributed by atoms with Crippen molar-refractivity contribution in [2.24, 2.45) is 0 Å². The van der Waals surface area contributed by atoms with Gasteiger partial charge < -0.3 is 10.4 Å². The van der Waals surface area contributed by atoms with E-state index in [2.05, 4.69) is 16.2 Å². The third-order valence-electron chi connectivity index (χ3n) is 3.66. The summed E-state index contributed by atoms with van der Waals surface area (Å²) in [4.78, 5) is 12.5. The standard InChI is InChI=1S/C18H22ClN3O2/c1-12-6-5-7-13(2)17(12)21-22-18(24)15-8-3-4-9-16(15)20-11-14(23)10-19/h3-9,14,20-21,23H,10-11H2,1-2H3,(H,22,24). The third-order valence-corrected chi connectivity index (χ3v) is 4.02. The normalized spacial score (nSPS) is 11.7. The van der Waals surface area contributed by atoms with Crippen molar-refractivity contribution in [3.05, 3.63) is 59.2 Å². The van der Waals surface area contributed by atoms with E-state index in [9.17, 15) is 9.90 Å². The zero-order valence-electron chi connectivity index (χ0n) is 13.8. The summed E-state index contributed by atoms with van der Waals surface area (Å²) in [6.07, 6.45) is -0.671. The molecular formula is C18H22ClN3O2. The molecule has 0 radical (unpaired) electrons. The number of rotatable bonds is 7. The van der Waals surface area contributed by atoms with Crippen LogP contribution in [0.2, 0.25) is 0 Å². The van der Waals surface area contributed by atoms with Crippen molar-refractivity contribution in [2.45, 2.75) is 20.0 Å². The molecule has 5 nitrogen and oxygen atoms in total. The summed E-state index contributed by atoms with van der Waals surface area (Å²) in [7, 11) is 0. The Hall–Kier alpha value is -2.24. The van der Waals surface area contributed by atoms with Crippen LogP contribution in [0.3, 0.4) is 0 Å². The second-order valence-electron chi connectivity index (χ2n) is 5.58. The molecule has 0 bridgehead atoms. The number of alkyl halides is 1. The quantitative estimate of drug-likeness (QED) is 0.459. The molecule has 1 amide bonds. The number of hydrazine groups is 1. The highest BCUT2D eigenvalue weighted by molar-refractivity contribution is 6.18. The highest BCUT2D eigenvalue weighted by atomic mass is 35.5. The maximum absolute atomic E-state index is 12.5. The zero-order chi connectivity index (χ0) is 17.5. The smallest absolute Gasteiger partial charge is 0.271 e. The van der Waals surface area contributed by atoms with Crippen molar-refractivity contribution in [1.29, 1.82) is 0 Å². The lowest BCUT2D eigenvalue weighted by atomic mass is 10.1. The number of aryl methyl sites for hydroxylation is 2. The van der Waals surface area contributed by atoms with Crippen LogP contribution in [0.25, 0.3) is 0 Å². The van der Waals surface area contributed by atoms with E-state index in [0.29, 0.717) is 11.3 Å². The highest BCUT2D eigenvalue weighted by Gasteiger charge is 2.12. The number of nitrogens with one attached hydrogen (secondary N) is 3. The maximum atomic E-state index is 12.5. The van der Waals surface area contributed by atoms with Gasteiger partial charge in [-0.15, -0.1) is 11.6 Å². The van der Waals surface area contributed by atoms with Crippen LogP contribution in [0.4, 0.5) is 11.4 Å². The largest absolute Gasteiger partial charge is 0.390 e. The first-order valence-corrected chi connectivity index (χ1v) is 8.26. The Morgan fingerprint density at radius 2 is 1.79 bits per heavy atom. The molecule has 0 aliphatic carbocycles. The van der Waals surface area contributed by atoms with Crippen LogP contribution < -0.4 is 16.2 Å². The summed E-state index contributed by atoms with van der Waals surface area (Å²) in [5.41, 5.74) is 9.81. The molecule has 0 fully saturated rings. The highest BCUT2D eigenvalue weighted by Crippen LogP contribution is 2.19. The van der Waals surface area contributed by atoms with Gasteiger partial charge in [0.2, 0.25) is 0 Å². The van der Waals surface area contributed by atoms with E-state index >= 15 is 0 Å². The predicted octanol–water partition coefficient (Wildman–Crippen LogP) is 3.07. The van der Waals surface area contributed by atoms with Gasteiger partial charge in [-0.1, -0.05) is 30.3 Å². The van der Waals surface area contributed by atoms with Crippen LogP contribution in [0.5, 0.6) is 0 Å². The lowest BCUT2D eigenvalue weighted by molar-refractivity contribution is 0.0963. The minimum absolute atomic E-state index is 0.134. The van der Waals surface area contributed by atoms with Crippen molar-refractivity contribution in [3.8, 4) is 0 Å². The first-order chi connectivity index (χ1) is 11.5. The van der Waals surface area contributed by atoms with Crippen LogP contribution in [-0.4, -0.2) is 29.5 Å². The van der Waals surface area contributed by atoms with E-state index in [4.69, 9.17) is 11.6 Å². The lowest BCUT2D eigenvalue weighted by Crippen LogP contribution is -2.31. The van der Waals surface area contributed by atoms with Gasteiger partial charge in [0.25, 0.3) is 5.91 Å². The Morgan fingerprint density at radius 3 is 2.46 bits per heavy atom. The van der Waals surface area contributed by atoms with Gasteiger partial charge in [0.05, 0.1) is 23.2 Å². The molecule has 0 heterocycles. The van der Waals surface area contributed by atoms with Crippen LogP contribution in [0.15, 0.2) is 42.5 Å². The van der Waals surface area contributed by atoms with E-state index < -0.39 is 6.10 Å². The Bertz CT molecular complexity index is 686. The number of anilines is 2. The Labute approximate surface area is 147 Å². The number of carbonyl (C=O) groups excluding carboxylic acids is 1. The molecule has 128 valence electrons. The van der Waals surface area contributed by atoms with Crippen LogP contribution >= 0.6 is 11.6 Å². The van der Waals surface area contributed by atoms with Gasteiger partial charge in [-0.25, -0.2) is 0 Å². The number of hydrogen-bond acceptors (Lipinski definition) is 4. The fourth-order valence-electron chi connectivity index (χ4n) is 2.32. The van der Waals surface area contributed by atoms with E-state index in [0.717, 1.165) is 16.8 Å². The van der Waals surface area contributed by atoms with Gasteiger partial charge in [0.15, 0.2) is 0 Å². The molecule has 0 saturated carbocycles. The van der Waals surface area contributed by atoms with E-state index in [1.165, 1.54) is 0 Å². The molecular weight excluding hydrogens is 326 g/mol. The molecule has 2 aromatic carbocycles. The molecule has 0 aliphatic rings.